The second kappa shape index (κ2) is 11.4. The molecule has 186 valence electrons. The summed E-state index contributed by atoms with van der Waals surface area (Å²) in [6.07, 6.45) is 3.74. The van der Waals surface area contributed by atoms with Gasteiger partial charge in [0.2, 0.25) is 5.91 Å². The number of ether oxygens (including phenoxy) is 1. The van der Waals surface area contributed by atoms with E-state index >= 15 is 0 Å². The number of benzene rings is 2. The Morgan fingerprint density at radius 1 is 1.20 bits per heavy atom. The van der Waals surface area contributed by atoms with E-state index < -0.39 is 5.82 Å². The fourth-order valence-electron chi connectivity index (χ4n) is 4.65. The van der Waals surface area contributed by atoms with Crippen LogP contribution < -0.4 is 10.1 Å². The zero-order valence-electron chi connectivity index (χ0n) is 20.7. The van der Waals surface area contributed by atoms with Gasteiger partial charge < -0.3 is 15.0 Å². The number of rotatable bonds is 9. The van der Waals surface area contributed by atoms with Crippen LogP contribution in [0.15, 0.2) is 36.4 Å². The topological polar surface area (TPSA) is 54.5 Å². The Morgan fingerprint density at radius 2 is 1.97 bits per heavy atom. The summed E-state index contributed by atoms with van der Waals surface area (Å²) in [5.74, 6) is 0.213. The minimum absolute atomic E-state index is 0.0253. The Bertz CT molecular complexity index is 1210. The van der Waals surface area contributed by atoms with Gasteiger partial charge in [-0.05, 0) is 101 Å². The van der Waals surface area contributed by atoms with E-state index in [9.17, 15) is 9.18 Å². The molecule has 0 spiro atoms. The van der Waals surface area contributed by atoms with Crippen LogP contribution in [-0.4, -0.2) is 48.1 Å². The number of nitrogens with one attached hydrogen (secondary N) is 1. The van der Waals surface area contributed by atoms with Crippen molar-refractivity contribution in [3.8, 4) is 17.0 Å². The molecule has 1 N–H and O–H groups in total. The lowest BCUT2D eigenvalue weighted by Gasteiger charge is -2.17. The third kappa shape index (κ3) is 6.30. The first-order chi connectivity index (χ1) is 16.8. The van der Waals surface area contributed by atoms with Crippen molar-refractivity contribution in [3.05, 3.63) is 58.4 Å². The zero-order valence-corrected chi connectivity index (χ0v) is 21.4. The minimum atomic E-state index is -0.487. The molecule has 1 aromatic heterocycles. The fraction of sp³-hybridized carbons (Fsp3) is 0.429. The molecular formula is C28H33ClFN3O2. The molecule has 1 fully saturated rings. The summed E-state index contributed by atoms with van der Waals surface area (Å²) in [5, 5.41) is 3.91. The SMILES string of the molecule is Cc1c(CC(=O)NC(C)C)c(-c2ccc(F)c(Cl)c2)nc2ccc(OCCCN3CCCC3)cc12. The smallest absolute Gasteiger partial charge is 0.224 e. The highest BCUT2D eigenvalue weighted by Crippen LogP contribution is 2.33. The Labute approximate surface area is 211 Å². The van der Waals surface area contributed by atoms with E-state index in [1.165, 1.54) is 32.0 Å². The summed E-state index contributed by atoms with van der Waals surface area (Å²) in [6.45, 7) is 9.95. The number of aromatic nitrogens is 1. The van der Waals surface area contributed by atoms with Crippen LogP contribution in [0.5, 0.6) is 5.75 Å². The molecule has 0 atom stereocenters. The van der Waals surface area contributed by atoms with E-state index in [2.05, 4.69) is 10.2 Å². The maximum absolute atomic E-state index is 13.8. The third-order valence-corrected chi connectivity index (χ3v) is 6.70. The molecule has 2 heterocycles. The standard InChI is InChI=1S/C28H33ClFN3O2/c1-18(2)31-27(34)17-23-19(3)22-16-21(35-14-6-13-33-11-4-5-12-33)8-10-26(22)32-28(23)20-7-9-25(30)24(29)15-20/h7-10,15-16,18H,4-6,11-14,17H2,1-3H3,(H,31,34). The van der Waals surface area contributed by atoms with Gasteiger partial charge in [0.05, 0.1) is 29.3 Å². The van der Waals surface area contributed by atoms with Crippen molar-refractivity contribution in [1.29, 1.82) is 0 Å². The molecule has 1 saturated heterocycles. The number of halogens is 2. The number of carbonyl (C=O) groups excluding carboxylic acids is 1. The normalized spacial score (nSPS) is 14.1. The van der Waals surface area contributed by atoms with Crippen LogP contribution in [0, 0.1) is 12.7 Å². The van der Waals surface area contributed by atoms with Gasteiger partial charge in [0.15, 0.2) is 0 Å². The Kier molecular flexibility index (Phi) is 8.24. The number of amides is 1. The Hall–Kier alpha value is -2.70. The Balaban J connectivity index is 1.64. The van der Waals surface area contributed by atoms with Crippen LogP contribution in [-0.2, 0) is 11.2 Å². The zero-order chi connectivity index (χ0) is 24.9. The van der Waals surface area contributed by atoms with E-state index in [-0.39, 0.29) is 23.4 Å². The highest BCUT2D eigenvalue weighted by atomic mass is 35.5. The number of hydrogen-bond acceptors (Lipinski definition) is 4. The number of fused-ring (bicyclic) bond motifs is 1. The summed E-state index contributed by atoms with van der Waals surface area (Å²) in [5.41, 5.74) is 3.85. The highest BCUT2D eigenvalue weighted by molar-refractivity contribution is 6.31. The van der Waals surface area contributed by atoms with Crippen molar-refractivity contribution in [2.24, 2.45) is 0 Å². The van der Waals surface area contributed by atoms with Gasteiger partial charge in [0.1, 0.15) is 11.6 Å². The second-order valence-electron chi connectivity index (χ2n) is 9.52. The molecule has 1 aliphatic rings. The maximum atomic E-state index is 13.8. The summed E-state index contributed by atoms with van der Waals surface area (Å²) in [7, 11) is 0. The van der Waals surface area contributed by atoms with Gasteiger partial charge in [-0.1, -0.05) is 11.6 Å². The number of likely N-dealkylation sites (tertiary alicyclic amines) is 1. The van der Waals surface area contributed by atoms with Crippen LogP contribution in [0.4, 0.5) is 4.39 Å². The molecule has 1 amide bonds. The maximum Gasteiger partial charge on any atom is 0.224 e. The van der Waals surface area contributed by atoms with Crippen LogP contribution in [0.1, 0.15) is 44.2 Å². The van der Waals surface area contributed by atoms with E-state index in [0.29, 0.717) is 17.9 Å². The molecule has 0 saturated carbocycles. The lowest BCUT2D eigenvalue weighted by Crippen LogP contribution is -2.31. The molecule has 0 aliphatic carbocycles. The van der Waals surface area contributed by atoms with Crippen molar-refractivity contribution in [2.75, 3.05) is 26.2 Å². The average molecular weight is 498 g/mol. The lowest BCUT2D eigenvalue weighted by atomic mass is 9.95. The van der Waals surface area contributed by atoms with Crippen molar-refractivity contribution < 1.29 is 13.9 Å². The van der Waals surface area contributed by atoms with E-state index in [4.69, 9.17) is 21.3 Å². The van der Waals surface area contributed by atoms with Gasteiger partial charge >= 0.3 is 0 Å². The van der Waals surface area contributed by atoms with Gasteiger partial charge in [-0.2, -0.15) is 0 Å². The number of aryl methyl sites for hydroxylation is 1. The van der Waals surface area contributed by atoms with Crippen LogP contribution in [0.3, 0.4) is 0 Å². The molecule has 7 heteroatoms. The minimum Gasteiger partial charge on any atom is -0.494 e. The number of carbonyl (C=O) groups is 1. The summed E-state index contributed by atoms with van der Waals surface area (Å²) in [4.78, 5) is 20.1. The fourth-order valence-corrected chi connectivity index (χ4v) is 4.83. The quantitative estimate of drug-likeness (QED) is 0.372. The molecular weight excluding hydrogens is 465 g/mol. The van der Waals surface area contributed by atoms with Crippen molar-refractivity contribution in [3.63, 3.8) is 0 Å². The first kappa shape index (κ1) is 25.4. The molecule has 35 heavy (non-hydrogen) atoms. The van der Waals surface area contributed by atoms with Gasteiger partial charge in [-0.3, -0.25) is 4.79 Å². The number of pyridine rings is 1. The first-order valence-electron chi connectivity index (χ1n) is 12.3. The summed E-state index contributed by atoms with van der Waals surface area (Å²) >= 11 is 6.07. The molecule has 3 aromatic rings. The molecule has 4 rings (SSSR count). The molecule has 0 radical (unpaired) electrons. The molecule has 2 aromatic carbocycles. The van der Waals surface area contributed by atoms with E-state index in [1.54, 1.807) is 12.1 Å². The summed E-state index contributed by atoms with van der Waals surface area (Å²) in [6, 6.07) is 10.4. The van der Waals surface area contributed by atoms with Crippen LogP contribution in [0.2, 0.25) is 5.02 Å². The predicted molar refractivity (Wildman–Crippen MR) is 140 cm³/mol. The van der Waals surface area contributed by atoms with E-state index in [0.717, 1.165) is 40.7 Å². The third-order valence-electron chi connectivity index (χ3n) is 6.41. The van der Waals surface area contributed by atoms with Crippen molar-refractivity contribution in [1.82, 2.24) is 15.2 Å². The van der Waals surface area contributed by atoms with Gasteiger partial charge in [0.25, 0.3) is 0 Å². The average Bonchev–Trinajstić information content (AvgIpc) is 3.33. The van der Waals surface area contributed by atoms with Crippen LogP contribution >= 0.6 is 11.6 Å². The monoisotopic (exact) mass is 497 g/mol. The molecule has 0 unspecified atom stereocenters. The van der Waals surface area contributed by atoms with Crippen LogP contribution in [0.25, 0.3) is 22.2 Å². The predicted octanol–water partition coefficient (Wildman–Crippen LogP) is 5.93. The highest BCUT2D eigenvalue weighted by Gasteiger charge is 2.19. The Morgan fingerprint density at radius 3 is 2.69 bits per heavy atom. The molecule has 1 aliphatic heterocycles. The van der Waals surface area contributed by atoms with Gasteiger partial charge in [-0.15, -0.1) is 0 Å². The number of hydrogen-bond donors (Lipinski definition) is 1. The number of nitrogens with zero attached hydrogens (tertiary/aromatic N) is 2. The molecule has 5 nitrogen and oxygen atoms in total. The largest absolute Gasteiger partial charge is 0.494 e. The van der Waals surface area contributed by atoms with Gasteiger partial charge in [-0.25, -0.2) is 9.37 Å². The second-order valence-corrected chi connectivity index (χ2v) is 9.93. The van der Waals surface area contributed by atoms with Gasteiger partial charge in [0, 0.05) is 23.5 Å². The summed E-state index contributed by atoms with van der Waals surface area (Å²) < 4.78 is 19.9. The van der Waals surface area contributed by atoms with Crippen molar-refractivity contribution in [2.45, 2.75) is 52.5 Å². The molecule has 0 bridgehead atoms. The lowest BCUT2D eigenvalue weighted by molar-refractivity contribution is -0.120. The first-order valence-corrected chi connectivity index (χ1v) is 12.7. The van der Waals surface area contributed by atoms with E-state index in [1.807, 2.05) is 39.0 Å². The van der Waals surface area contributed by atoms with Crippen molar-refractivity contribution >= 4 is 28.4 Å².